The van der Waals surface area contributed by atoms with Gasteiger partial charge in [-0.05, 0) is 50.9 Å². The van der Waals surface area contributed by atoms with Gasteiger partial charge in [0.2, 0.25) is 0 Å². The molecule has 0 heterocycles. The minimum atomic E-state index is 0. The van der Waals surface area contributed by atoms with Crippen molar-refractivity contribution in [2.45, 2.75) is 77.2 Å². The Balaban J connectivity index is 0.00000338. The number of nitrogens with one attached hydrogen (secondary N) is 2. The molecule has 26 heavy (non-hydrogen) atoms. The largest absolute Gasteiger partial charge is 0.385 e. The van der Waals surface area contributed by atoms with Crippen molar-refractivity contribution in [3.63, 3.8) is 0 Å². The lowest BCUT2D eigenvalue weighted by Gasteiger charge is -2.40. The maximum atomic E-state index is 6.00. The Kier molecular flexibility index (Phi) is 12.9. The van der Waals surface area contributed by atoms with E-state index in [-0.39, 0.29) is 24.0 Å². The second-order valence-corrected chi connectivity index (χ2v) is 7.70. The number of ether oxygens (including phenoxy) is 2. The number of nitrogens with zero attached hydrogens (tertiary/aromatic N) is 1. The van der Waals surface area contributed by atoms with Gasteiger partial charge in [-0.3, -0.25) is 4.99 Å². The van der Waals surface area contributed by atoms with Crippen molar-refractivity contribution in [3.05, 3.63) is 0 Å². The summed E-state index contributed by atoms with van der Waals surface area (Å²) in [6.45, 7) is 6.55. The van der Waals surface area contributed by atoms with Crippen LogP contribution in [0, 0.1) is 5.41 Å². The normalized spacial score (nSPS) is 20.2. The Morgan fingerprint density at radius 3 is 2.46 bits per heavy atom. The molecule has 154 valence electrons. The summed E-state index contributed by atoms with van der Waals surface area (Å²) >= 11 is 0. The van der Waals surface area contributed by atoms with E-state index in [1.807, 2.05) is 0 Å². The predicted molar refractivity (Wildman–Crippen MR) is 120 cm³/mol. The van der Waals surface area contributed by atoms with E-state index in [1.165, 1.54) is 51.4 Å². The van der Waals surface area contributed by atoms with Gasteiger partial charge in [-0.2, -0.15) is 0 Å². The molecule has 2 rings (SSSR count). The zero-order valence-electron chi connectivity index (χ0n) is 16.9. The van der Waals surface area contributed by atoms with Gasteiger partial charge in [-0.15, -0.1) is 24.0 Å². The van der Waals surface area contributed by atoms with Gasteiger partial charge in [0.15, 0.2) is 5.96 Å². The van der Waals surface area contributed by atoms with E-state index < -0.39 is 0 Å². The van der Waals surface area contributed by atoms with E-state index in [4.69, 9.17) is 14.5 Å². The van der Waals surface area contributed by atoms with Crippen LogP contribution in [0.3, 0.4) is 0 Å². The summed E-state index contributed by atoms with van der Waals surface area (Å²) in [5.74, 6) is 0.948. The van der Waals surface area contributed by atoms with E-state index in [2.05, 4.69) is 17.6 Å². The molecule has 0 radical (unpaired) electrons. The maximum Gasteiger partial charge on any atom is 0.191 e. The molecule has 0 aliphatic heterocycles. The van der Waals surface area contributed by atoms with Crippen molar-refractivity contribution in [2.75, 3.05) is 40.0 Å². The Morgan fingerprint density at radius 1 is 1.08 bits per heavy atom. The summed E-state index contributed by atoms with van der Waals surface area (Å²) < 4.78 is 11.3. The van der Waals surface area contributed by atoms with Crippen LogP contribution in [0.4, 0.5) is 0 Å². The molecule has 2 aliphatic rings. The summed E-state index contributed by atoms with van der Waals surface area (Å²) in [5.41, 5.74) is 0.377. The fourth-order valence-electron chi connectivity index (χ4n) is 3.83. The van der Waals surface area contributed by atoms with Gasteiger partial charge < -0.3 is 20.1 Å². The van der Waals surface area contributed by atoms with Crippen LogP contribution in [-0.2, 0) is 9.47 Å². The second-order valence-electron chi connectivity index (χ2n) is 7.70. The first-order valence-electron chi connectivity index (χ1n) is 10.4. The number of hydrogen-bond donors (Lipinski definition) is 2. The average molecular weight is 481 g/mol. The first-order chi connectivity index (χ1) is 12.3. The van der Waals surface area contributed by atoms with Crippen molar-refractivity contribution in [3.8, 4) is 0 Å². The molecular formula is C20H40IN3O2. The summed E-state index contributed by atoms with van der Waals surface area (Å²) in [6, 6.07) is 0. The SMILES string of the molecule is CCNC(=NCC1(CCOC)CCC1)NCCCOC1CCCCC1.I. The fraction of sp³-hybridized carbons (Fsp3) is 0.950. The highest BCUT2D eigenvalue weighted by Gasteiger charge is 2.36. The molecule has 0 bridgehead atoms. The smallest absolute Gasteiger partial charge is 0.191 e. The van der Waals surface area contributed by atoms with E-state index >= 15 is 0 Å². The van der Waals surface area contributed by atoms with E-state index in [0.29, 0.717) is 11.5 Å². The highest BCUT2D eigenvalue weighted by Crippen LogP contribution is 2.44. The highest BCUT2D eigenvalue weighted by molar-refractivity contribution is 14.0. The maximum absolute atomic E-state index is 6.00. The molecule has 0 saturated heterocycles. The van der Waals surface area contributed by atoms with E-state index in [9.17, 15) is 0 Å². The molecule has 2 N–H and O–H groups in total. The number of guanidine groups is 1. The van der Waals surface area contributed by atoms with Crippen LogP contribution in [-0.4, -0.2) is 52.0 Å². The lowest BCUT2D eigenvalue weighted by molar-refractivity contribution is 0.0277. The molecule has 5 nitrogen and oxygen atoms in total. The molecule has 0 aromatic carbocycles. The van der Waals surface area contributed by atoms with Crippen molar-refractivity contribution >= 4 is 29.9 Å². The number of aliphatic imine (C=N–C) groups is 1. The van der Waals surface area contributed by atoms with Crippen molar-refractivity contribution in [1.29, 1.82) is 0 Å². The monoisotopic (exact) mass is 481 g/mol. The first kappa shape index (κ1) is 24.0. The van der Waals surface area contributed by atoms with Crippen LogP contribution in [0.1, 0.15) is 71.1 Å². The summed E-state index contributed by atoms with van der Waals surface area (Å²) in [7, 11) is 1.79. The summed E-state index contributed by atoms with van der Waals surface area (Å²) in [6.07, 6.45) is 13.1. The van der Waals surface area contributed by atoms with Crippen molar-refractivity contribution in [1.82, 2.24) is 10.6 Å². The third-order valence-electron chi connectivity index (χ3n) is 5.69. The Bertz CT molecular complexity index is 383. The molecule has 0 aromatic heterocycles. The molecule has 0 aromatic rings. The first-order valence-corrected chi connectivity index (χ1v) is 10.4. The van der Waals surface area contributed by atoms with E-state index in [1.54, 1.807) is 7.11 Å². The molecule has 2 aliphatic carbocycles. The van der Waals surface area contributed by atoms with Crippen LogP contribution in [0.2, 0.25) is 0 Å². The molecule has 2 fully saturated rings. The second kappa shape index (κ2) is 14.0. The molecule has 0 unspecified atom stereocenters. The number of methoxy groups -OCH3 is 1. The van der Waals surface area contributed by atoms with Gasteiger partial charge in [-0.25, -0.2) is 0 Å². The van der Waals surface area contributed by atoms with Gasteiger partial charge in [0.1, 0.15) is 0 Å². The van der Waals surface area contributed by atoms with Crippen LogP contribution < -0.4 is 10.6 Å². The Labute approximate surface area is 177 Å². The van der Waals surface area contributed by atoms with Crippen LogP contribution in [0.15, 0.2) is 4.99 Å². The highest BCUT2D eigenvalue weighted by atomic mass is 127. The van der Waals surface area contributed by atoms with Gasteiger partial charge in [0.05, 0.1) is 6.10 Å². The summed E-state index contributed by atoms with van der Waals surface area (Å²) in [4.78, 5) is 4.85. The van der Waals surface area contributed by atoms with Gasteiger partial charge in [-0.1, -0.05) is 25.7 Å². The quantitative estimate of drug-likeness (QED) is 0.202. The standard InChI is InChI=1S/C20H39N3O2.HI/c1-3-21-19(23-17-20(11-7-12-20)13-16-24-2)22-14-8-15-25-18-9-5-4-6-10-18;/h18H,3-17H2,1-2H3,(H2,21,22,23);1H. The molecule has 0 atom stereocenters. The number of halogens is 1. The Hall–Kier alpha value is -0.0800. The number of hydrogen-bond acceptors (Lipinski definition) is 3. The lowest BCUT2D eigenvalue weighted by Crippen LogP contribution is -2.40. The number of rotatable bonds is 11. The molecular weight excluding hydrogens is 441 g/mol. The van der Waals surface area contributed by atoms with E-state index in [0.717, 1.165) is 51.6 Å². The van der Waals surface area contributed by atoms with Crippen molar-refractivity contribution < 1.29 is 9.47 Å². The molecule has 0 spiro atoms. The van der Waals surface area contributed by atoms with Crippen LogP contribution in [0.5, 0.6) is 0 Å². The average Bonchev–Trinajstić information content (AvgIpc) is 2.61. The molecule has 6 heteroatoms. The van der Waals surface area contributed by atoms with Crippen LogP contribution >= 0.6 is 24.0 Å². The van der Waals surface area contributed by atoms with Gasteiger partial charge in [0, 0.05) is 40.0 Å². The fourth-order valence-corrected chi connectivity index (χ4v) is 3.83. The topological polar surface area (TPSA) is 54.9 Å². The lowest BCUT2D eigenvalue weighted by atomic mass is 9.67. The van der Waals surface area contributed by atoms with Gasteiger partial charge in [0.25, 0.3) is 0 Å². The zero-order valence-corrected chi connectivity index (χ0v) is 19.2. The van der Waals surface area contributed by atoms with Gasteiger partial charge >= 0.3 is 0 Å². The zero-order chi connectivity index (χ0) is 17.8. The molecule has 2 saturated carbocycles. The summed E-state index contributed by atoms with van der Waals surface area (Å²) in [5, 5.41) is 6.83. The van der Waals surface area contributed by atoms with Crippen molar-refractivity contribution in [2.24, 2.45) is 10.4 Å². The predicted octanol–water partition coefficient (Wildman–Crippen LogP) is 4.11. The minimum Gasteiger partial charge on any atom is -0.385 e. The molecule has 0 amide bonds. The third-order valence-corrected chi connectivity index (χ3v) is 5.69. The minimum absolute atomic E-state index is 0. The van der Waals surface area contributed by atoms with Crippen LogP contribution in [0.25, 0.3) is 0 Å². The third kappa shape index (κ3) is 8.74. The Morgan fingerprint density at radius 2 is 1.85 bits per heavy atom.